The SMILES string of the molecule is Cc1ccc(CN2CCC3(CC[C@H](CNC(=O)c4csc(C)n4)O3)CC2)c(C)c1. The van der Waals surface area contributed by atoms with Crippen LogP contribution in [0.2, 0.25) is 0 Å². The molecule has 0 bridgehead atoms. The number of carbonyl (C=O) groups excluding carboxylic acids is 1. The van der Waals surface area contributed by atoms with E-state index >= 15 is 0 Å². The molecular formula is C23H31N3O2S. The minimum atomic E-state index is -0.0952. The van der Waals surface area contributed by atoms with Crippen LogP contribution in [-0.2, 0) is 11.3 Å². The number of aryl methyl sites for hydroxylation is 3. The lowest BCUT2D eigenvalue weighted by Crippen LogP contribution is -2.45. The first-order valence-electron chi connectivity index (χ1n) is 10.6. The Kier molecular flexibility index (Phi) is 6.04. The van der Waals surface area contributed by atoms with Crippen LogP contribution in [0.25, 0.3) is 0 Å². The van der Waals surface area contributed by atoms with E-state index in [0.29, 0.717) is 12.2 Å². The highest BCUT2D eigenvalue weighted by Crippen LogP contribution is 2.39. The number of amides is 1. The van der Waals surface area contributed by atoms with Gasteiger partial charge in [-0.15, -0.1) is 11.3 Å². The highest BCUT2D eigenvalue weighted by molar-refractivity contribution is 7.09. The summed E-state index contributed by atoms with van der Waals surface area (Å²) >= 11 is 1.50. The number of ether oxygens (including phenoxy) is 1. The van der Waals surface area contributed by atoms with Crippen LogP contribution in [0.3, 0.4) is 0 Å². The van der Waals surface area contributed by atoms with E-state index in [2.05, 4.69) is 47.2 Å². The van der Waals surface area contributed by atoms with Gasteiger partial charge in [-0.2, -0.15) is 0 Å². The molecule has 2 aromatic rings. The van der Waals surface area contributed by atoms with Gasteiger partial charge in [0.05, 0.1) is 16.7 Å². The fourth-order valence-electron chi connectivity index (χ4n) is 4.55. The maximum absolute atomic E-state index is 12.2. The number of benzene rings is 1. The van der Waals surface area contributed by atoms with Gasteiger partial charge in [0.2, 0.25) is 0 Å². The summed E-state index contributed by atoms with van der Waals surface area (Å²) < 4.78 is 6.46. The summed E-state index contributed by atoms with van der Waals surface area (Å²) in [5.74, 6) is -0.0952. The third kappa shape index (κ3) is 4.87. The number of piperidine rings is 1. The highest BCUT2D eigenvalue weighted by Gasteiger charge is 2.42. The third-order valence-corrected chi connectivity index (χ3v) is 7.11. The predicted molar refractivity (Wildman–Crippen MR) is 116 cm³/mol. The van der Waals surface area contributed by atoms with Gasteiger partial charge < -0.3 is 10.1 Å². The molecule has 4 rings (SSSR count). The number of likely N-dealkylation sites (tertiary alicyclic amines) is 1. The molecule has 1 spiro atoms. The monoisotopic (exact) mass is 413 g/mol. The van der Waals surface area contributed by atoms with Gasteiger partial charge in [0, 0.05) is 31.6 Å². The van der Waals surface area contributed by atoms with E-state index < -0.39 is 0 Å². The van der Waals surface area contributed by atoms with Gasteiger partial charge in [0.25, 0.3) is 5.91 Å². The third-order valence-electron chi connectivity index (χ3n) is 6.34. The predicted octanol–water partition coefficient (Wildman–Crippen LogP) is 4.01. The maximum Gasteiger partial charge on any atom is 0.270 e. The molecule has 1 N–H and O–H groups in total. The first-order valence-corrected chi connectivity index (χ1v) is 11.5. The van der Waals surface area contributed by atoms with Crippen molar-refractivity contribution in [3.05, 3.63) is 51.0 Å². The Morgan fingerprint density at radius 2 is 2.07 bits per heavy atom. The molecule has 2 aliphatic heterocycles. The van der Waals surface area contributed by atoms with Crippen LogP contribution in [0.5, 0.6) is 0 Å². The van der Waals surface area contributed by atoms with Crippen molar-refractivity contribution in [2.45, 2.75) is 64.7 Å². The van der Waals surface area contributed by atoms with Crippen LogP contribution in [-0.4, -0.2) is 47.1 Å². The fourth-order valence-corrected chi connectivity index (χ4v) is 5.15. The number of carbonyl (C=O) groups is 1. The molecule has 1 aromatic carbocycles. The van der Waals surface area contributed by atoms with Gasteiger partial charge in [-0.1, -0.05) is 23.8 Å². The van der Waals surface area contributed by atoms with Gasteiger partial charge >= 0.3 is 0 Å². The Bertz CT molecular complexity index is 871. The lowest BCUT2D eigenvalue weighted by atomic mass is 9.88. The van der Waals surface area contributed by atoms with Crippen molar-refractivity contribution in [3.8, 4) is 0 Å². The first-order chi connectivity index (χ1) is 13.9. The van der Waals surface area contributed by atoms with E-state index in [1.54, 1.807) is 0 Å². The Morgan fingerprint density at radius 3 is 2.76 bits per heavy atom. The largest absolute Gasteiger partial charge is 0.370 e. The summed E-state index contributed by atoms with van der Waals surface area (Å²) in [7, 11) is 0. The van der Waals surface area contributed by atoms with E-state index in [1.165, 1.54) is 28.0 Å². The zero-order valence-electron chi connectivity index (χ0n) is 17.7. The zero-order chi connectivity index (χ0) is 20.4. The summed E-state index contributed by atoms with van der Waals surface area (Å²) in [6, 6.07) is 6.75. The molecular weight excluding hydrogens is 382 g/mol. The van der Waals surface area contributed by atoms with Crippen LogP contribution in [0.15, 0.2) is 23.6 Å². The molecule has 0 saturated carbocycles. The summed E-state index contributed by atoms with van der Waals surface area (Å²) in [6.07, 6.45) is 4.39. The van der Waals surface area contributed by atoms with Crippen LogP contribution in [0.1, 0.15) is 57.9 Å². The molecule has 0 aliphatic carbocycles. The van der Waals surface area contributed by atoms with Crippen molar-refractivity contribution in [3.63, 3.8) is 0 Å². The van der Waals surface area contributed by atoms with E-state index in [-0.39, 0.29) is 17.6 Å². The quantitative estimate of drug-likeness (QED) is 0.805. The van der Waals surface area contributed by atoms with Crippen molar-refractivity contribution in [1.29, 1.82) is 0 Å². The van der Waals surface area contributed by atoms with Gasteiger partial charge in [-0.25, -0.2) is 4.98 Å². The molecule has 2 aliphatic rings. The summed E-state index contributed by atoms with van der Waals surface area (Å²) in [4.78, 5) is 19.0. The molecule has 2 saturated heterocycles. The van der Waals surface area contributed by atoms with Gasteiger partial charge in [0.15, 0.2) is 0 Å². The maximum atomic E-state index is 12.2. The second-order valence-corrected chi connectivity index (χ2v) is 9.69. The molecule has 0 unspecified atom stereocenters. The second kappa shape index (κ2) is 8.54. The Balaban J connectivity index is 1.24. The molecule has 0 radical (unpaired) electrons. The van der Waals surface area contributed by atoms with Crippen molar-refractivity contribution < 1.29 is 9.53 Å². The molecule has 29 heavy (non-hydrogen) atoms. The smallest absolute Gasteiger partial charge is 0.270 e. The molecule has 6 heteroatoms. The first kappa shape index (κ1) is 20.5. The highest BCUT2D eigenvalue weighted by atomic mass is 32.1. The lowest BCUT2D eigenvalue weighted by molar-refractivity contribution is -0.0764. The minimum absolute atomic E-state index is 0.00539. The fraction of sp³-hybridized carbons (Fsp3) is 0.565. The second-order valence-electron chi connectivity index (χ2n) is 8.63. The number of aromatic nitrogens is 1. The average Bonchev–Trinajstić information content (AvgIpc) is 3.31. The standard InChI is InChI=1S/C23H31N3O2S/c1-16-4-5-19(17(2)12-16)14-26-10-8-23(9-11-26)7-6-20(28-23)13-24-22(27)21-15-29-18(3)25-21/h4-5,12,15,20H,6-11,13-14H2,1-3H3,(H,24,27)/t20-/m1/s1. The Labute approximate surface area is 177 Å². The van der Waals surface area contributed by atoms with E-state index in [9.17, 15) is 4.79 Å². The van der Waals surface area contributed by atoms with E-state index in [4.69, 9.17) is 4.74 Å². The minimum Gasteiger partial charge on any atom is -0.370 e. The average molecular weight is 414 g/mol. The van der Waals surface area contributed by atoms with Gasteiger partial charge in [-0.3, -0.25) is 9.69 Å². The molecule has 1 amide bonds. The summed E-state index contributed by atoms with van der Waals surface area (Å²) in [5.41, 5.74) is 4.65. The normalized spacial score (nSPS) is 21.6. The number of thiazole rings is 1. The van der Waals surface area contributed by atoms with E-state index in [0.717, 1.165) is 50.3 Å². The summed E-state index contributed by atoms with van der Waals surface area (Å²) in [5, 5.41) is 5.73. The number of rotatable bonds is 5. The van der Waals surface area contributed by atoms with Crippen molar-refractivity contribution in [1.82, 2.24) is 15.2 Å². The van der Waals surface area contributed by atoms with Crippen molar-refractivity contribution in [2.75, 3.05) is 19.6 Å². The lowest BCUT2D eigenvalue weighted by Gasteiger charge is -2.39. The summed E-state index contributed by atoms with van der Waals surface area (Å²) in [6.45, 7) is 10.0. The van der Waals surface area contributed by atoms with E-state index in [1.807, 2.05) is 12.3 Å². The molecule has 2 fully saturated rings. The van der Waals surface area contributed by atoms with Gasteiger partial charge in [-0.05, 0) is 57.6 Å². The number of hydrogen-bond donors (Lipinski definition) is 1. The molecule has 3 heterocycles. The molecule has 1 atom stereocenters. The Hall–Kier alpha value is -1.76. The van der Waals surface area contributed by atoms with Crippen molar-refractivity contribution >= 4 is 17.2 Å². The molecule has 5 nitrogen and oxygen atoms in total. The molecule has 1 aromatic heterocycles. The number of hydrogen-bond acceptors (Lipinski definition) is 5. The van der Waals surface area contributed by atoms with Gasteiger partial charge in [0.1, 0.15) is 5.69 Å². The topological polar surface area (TPSA) is 54.5 Å². The molecule has 156 valence electrons. The number of nitrogens with zero attached hydrogens (tertiary/aromatic N) is 2. The number of nitrogens with one attached hydrogen (secondary N) is 1. The van der Waals surface area contributed by atoms with Crippen LogP contribution < -0.4 is 5.32 Å². The van der Waals surface area contributed by atoms with Crippen LogP contribution in [0, 0.1) is 20.8 Å². The zero-order valence-corrected chi connectivity index (χ0v) is 18.5. The Morgan fingerprint density at radius 1 is 1.28 bits per heavy atom. The van der Waals surface area contributed by atoms with Crippen LogP contribution in [0.4, 0.5) is 0 Å². The van der Waals surface area contributed by atoms with Crippen molar-refractivity contribution in [2.24, 2.45) is 0 Å². The van der Waals surface area contributed by atoms with Crippen LogP contribution >= 0.6 is 11.3 Å².